The molecule has 2 heterocycles. The van der Waals surface area contributed by atoms with Crippen LogP contribution in [-0.2, 0) is 0 Å². The molecule has 4 nitrogen and oxygen atoms in total. The predicted molar refractivity (Wildman–Crippen MR) is 74.0 cm³/mol. The second-order valence-corrected chi connectivity index (χ2v) is 4.25. The monoisotopic (exact) mass is 251 g/mol. The maximum atomic E-state index is 11.6. The second-order valence-electron chi connectivity index (χ2n) is 4.25. The summed E-state index contributed by atoms with van der Waals surface area (Å²) >= 11 is 0. The molecule has 3 rings (SSSR count). The maximum absolute atomic E-state index is 11.6. The van der Waals surface area contributed by atoms with Gasteiger partial charge in [-0.25, -0.2) is 4.98 Å². The fourth-order valence-electron chi connectivity index (χ4n) is 2.02. The molecule has 0 radical (unpaired) electrons. The van der Waals surface area contributed by atoms with Gasteiger partial charge in [-0.3, -0.25) is 4.79 Å². The van der Waals surface area contributed by atoms with E-state index in [1.807, 2.05) is 47.1 Å². The summed E-state index contributed by atoms with van der Waals surface area (Å²) in [5.41, 5.74) is 3.34. The van der Waals surface area contributed by atoms with Gasteiger partial charge in [0, 0.05) is 30.6 Å². The summed E-state index contributed by atoms with van der Waals surface area (Å²) in [7, 11) is 1.62. The van der Waals surface area contributed by atoms with Gasteiger partial charge in [-0.05, 0) is 12.1 Å². The highest BCUT2D eigenvalue weighted by Crippen LogP contribution is 2.19. The lowest BCUT2D eigenvalue weighted by molar-refractivity contribution is 0.0963. The van der Waals surface area contributed by atoms with Crippen molar-refractivity contribution in [3.05, 3.63) is 60.4 Å². The molecule has 19 heavy (non-hydrogen) atoms. The number of fused-ring (bicyclic) bond motifs is 1. The number of benzene rings is 1. The van der Waals surface area contributed by atoms with Crippen molar-refractivity contribution in [2.45, 2.75) is 0 Å². The van der Waals surface area contributed by atoms with Crippen LogP contribution in [0.3, 0.4) is 0 Å². The first-order valence-electron chi connectivity index (χ1n) is 6.04. The fourth-order valence-corrected chi connectivity index (χ4v) is 2.02. The molecule has 2 aromatic heterocycles. The molecule has 1 N–H and O–H groups in total. The fraction of sp³-hybridized carbons (Fsp3) is 0.0667. The zero-order valence-corrected chi connectivity index (χ0v) is 10.5. The molecule has 0 saturated carbocycles. The van der Waals surface area contributed by atoms with Gasteiger partial charge in [0.2, 0.25) is 0 Å². The SMILES string of the molecule is CNC(=O)c1ccn2cc(-c3ccccc3)nc2c1. The van der Waals surface area contributed by atoms with E-state index in [2.05, 4.69) is 10.3 Å². The smallest absolute Gasteiger partial charge is 0.251 e. The Balaban J connectivity index is 2.09. The Bertz CT molecular complexity index is 731. The Labute approximate surface area is 110 Å². The zero-order chi connectivity index (χ0) is 13.2. The molecule has 1 aromatic carbocycles. The lowest BCUT2D eigenvalue weighted by Crippen LogP contribution is -2.17. The molecule has 4 heteroatoms. The molecule has 0 spiro atoms. The van der Waals surface area contributed by atoms with Gasteiger partial charge in [-0.1, -0.05) is 30.3 Å². The first-order chi connectivity index (χ1) is 9.28. The average molecular weight is 251 g/mol. The van der Waals surface area contributed by atoms with Crippen LogP contribution in [0.4, 0.5) is 0 Å². The Morgan fingerprint density at radius 2 is 2.00 bits per heavy atom. The van der Waals surface area contributed by atoms with E-state index in [1.165, 1.54) is 0 Å². The summed E-state index contributed by atoms with van der Waals surface area (Å²) < 4.78 is 1.91. The molecule has 0 fully saturated rings. The van der Waals surface area contributed by atoms with E-state index in [-0.39, 0.29) is 5.91 Å². The van der Waals surface area contributed by atoms with Gasteiger partial charge in [-0.15, -0.1) is 0 Å². The minimum Gasteiger partial charge on any atom is -0.355 e. The van der Waals surface area contributed by atoms with Crippen LogP contribution in [0.5, 0.6) is 0 Å². The number of hydrogen-bond acceptors (Lipinski definition) is 2. The van der Waals surface area contributed by atoms with E-state index in [4.69, 9.17) is 0 Å². The highest BCUT2D eigenvalue weighted by atomic mass is 16.1. The van der Waals surface area contributed by atoms with Gasteiger partial charge in [0.15, 0.2) is 0 Å². The van der Waals surface area contributed by atoms with Crippen LogP contribution in [0, 0.1) is 0 Å². The molecule has 94 valence electrons. The van der Waals surface area contributed by atoms with Crippen molar-refractivity contribution in [3.63, 3.8) is 0 Å². The van der Waals surface area contributed by atoms with Gasteiger partial charge in [0.1, 0.15) is 5.65 Å². The average Bonchev–Trinajstić information content (AvgIpc) is 2.90. The van der Waals surface area contributed by atoms with Crippen LogP contribution in [0.1, 0.15) is 10.4 Å². The molecule has 0 bridgehead atoms. The first kappa shape index (κ1) is 11.5. The molecule has 0 aliphatic carbocycles. The molecule has 1 amide bonds. The molecular formula is C15H13N3O. The van der Waals surface area contributed by atoms with Crippen molar-refractivity contribution in [1.82, 2.24) is 14.7 Å². The lowest BCUT2D eigenvalue weighted by Gasteiger charge is -1.99. The summed E-state index contributed by atoms with van der Waals surface area (Å²) in [5, 5.41) is 2.61. The molecule has 0 saturated heterocycles. The third-order valence-electron chi connectivity index (χ3n) is 3.02. The number of aromatic nitrogens is 2. The highest BCUT2D eigenvalue weighted by molar-refractivity contribution is 5.94. The number of amides is 1. The zero-order valence-electron chi connectivity index (χ0n) is 10.5. The quantitative estimate of drug-likeness (QED) is 0.760. The first-order valence-corrected chi connectivity index (χ1v) is 6.04. The van der Waals surface area contributed by atoms with E-state index in [1.54, 1.807) is 19.2 Å². The van der Waals surface area contributed by atoms with Crippen LogP contribution >= 0.6 is 0 Å². The Morgan fingerprint density at radius 3 is 2.74 bits per heavy atom. The standard InChI is InChI=1S/C15H13N3O/c1-16-15(19)12-7-8-18-10-13(17-14(18)9-12)11-5-3-2-4-6-11/h2-10H,1H3,(H,16,19). The summed E-state index contributed by atoms with van der Waals surface area (Å²) in [6, 6.07) is 13.5. The Hall–Kier alpha value is -2.62. The number of carbonyl (C=O) groups is 1. The van der Waals surface area contributed by atoms with E-state index >= 15 is 0 Å². The van der Waals surface area contributed by atoms with E-state index in [9.17, 15) is 4.79 Å². The molecular weight excluding hydrogens is 238 g/mol. The summed E-state index contributed by atoms with van der Waals surface area (Å²) in [6.07, 6.45) is 3.80. The van der Waals surface area contributed by atoms with Crippen LogP contribution in [-0.4, -0.2) is 22.3 Å². The molecule has 3 aromatic rings. The Morgan fingerprint density at radius 1 is 1.21 bits per heavy atom. The van der Waals surface area contributed by atoms with E-state index < -0.39 is 0 Å². The van der Waals surface area contributed by atoms with Crippen LogP contribution in [0.25, 0.3) is 16.9 Å². The van der Waals surface area contributed by atoms with Crippen molar-refractivity contribution in [1.29, 1.82) is 0 Å². The van der Waals surface area contributed by atoms with Crippen molar-refractivity contribution >= 4 is 11.6 Å². The van der Waals surface area contributed by atoms with Gasteiger partial charge in [0.05, 0.1) is 5.69 Å². The van der Waals surface area contributed by atoms with Gasteiger partial charge in [0.25, 0.3) is 5.91 Å². The number of pyridine rings is 1. The minimum atomic E-state index is -0.105. The summed E-state index contributed by atoms with van der Waals surface area (Å²) in [5.74, 6) is -0.105. The van der Waals surface area contributed by atoms with Crippen LogP contribution in [0.2, 0.25) is 0 Å². The van der Waals surface area contributed by atoms with E-state index in [0.717, 1.165) is 16.9 Å². The Kier molecular flexibility index (Phi) is 2.76. The summed E-state index contributed by atoms with van der Waals surface area (Å²) in [4.78, 5) is 16.1. The van der Waals surface area contributed by atoms with E-state index in [0.29, 0.717) is 5.56 Å². The normalized spacial score (nSPS) is 10.6. The minimum absolute atomic E-state index is 0.105. The predicted octanol–water partition coefficient (Wildman–Crippen LogP) is 2.36. The lowest BCUT2D eigenvalue weighted by atomic mass is 10.2. The molecule has 0 unspecified atom stereocenters. The van der Waals surface area contributed by atoms with Gasteiger partial charge >= 0.3 is 0 Å². The molecule has 0 aliphatic rings. The third kappa shape index (κ3) is 2.08. The number of hydrogen-bond donors (Lipinski definition) is 1. The van der Waals surface area contributed by atoms with Crippen molar-refractivity contribution in [2.75, 3.05) is 7.05 Å². The van der Waals surface area contributed by atoms with Gasteiger partial charge in [-0.2, -0.15) is 0 Å². The number of carbonyl (C=O) groups excluding carboxylic acids is 1. The van der Waals surface area contributed by atoms with Crippen molar-refractivity contribution in [3.8, 4) is 11.3 Å². The van der Waals surface area contributed by atoms with Crippen LogP contribution in [0.15, 0.2) is 54.9 Å². The number of nitrogens with zero attached hydrogens (tertiary/aromatic N) is 2. The number of rotatable bonds is 2. The maximum Gasteiger partial charge on any atom is 0.251 e. The van der Waals surface area contributed by atoms with Gasteiger partial charge < -0.3 is 9.72 Å². The topological polar surface area (TPSA) is 46.4 Å². The molecule has 0 atom stereocenters. The van der Waals surface area contributed by atoms with Crippen LogP contribution < -0.4 is 5.32 Å². The van der Waals surface area contributed by atoms with Crippen molar-refractivity contribution in [2.24, 2.45) is 0 Å². The largest absolute Gasteiger partial charge is 0.355 e. The third-order valence-corrected chi connectivity index (χ3v) is 3.02. The van der Waals surface area contributed by atoms with Crippen molar-refractivity contribution < 1.29 is 4.79 Å². The molecule has 0 aliphatic heterocycles. The second kappa shape index (κ2) is 4.57. The summed E-state index contributed by atoms with van der Waals surface area (Å²) in [6.45, 7) is 0. The highest BCUT2D eigenvalue weighted by Gasteiger charge is 2.07. The number of nitrogens with one attached hydrogen (secondary N) is 1. The number of imidazole rings is 1.